The van der Waals surface area contributed by atoms with Crippen LogP contribution in [0.2, 0.25) is 0 Å². The number of rotatable bonds is 6. The molecule has 2 nitrogen and oxygen atoms in total. The van der Waals surface area contributed by atoms with Gasteiger partial charge < -0.3 is 10.5 Å². The molecule has 0 aromatic heterocycles. The van der Waals surface area contributed by atoms with Crippen molar-refractivity contribution in [3.8, 4) is 0 Å². The Kier molecular flexibility index (Phi) is 5.90. The number of hydrogen-bond acceptors (Lipinski definition) is 3. The van der Waals surface area contributed by atoms with E-state index in [-0.39, 0.29) is 0 Å². The van der Waals surface area contributed by atoms with Crippen molar-refractivity contribution >= 4 is 11.8 Å². The van der Waals surface area contributed by atoms with Gasteiger partial charge in [-0.15, -0.1) is 0 Å². The fraction of sp³-hybridized carbons (Fsp3) is 1.00. The van der Waals surface area contributed by atoms with Gasteiger partial charge in [0, 0.05) is 17.9 Å². The van der Waals surface area contributed by atoms with E-state index in [1.165, 1.54) is 25.0 Å². The first kappa shape index (κ1) is 12.3. The minimum atomic E-state index is 0.369. The number of hydrogen-bond donors (Lipinski definition) is 1. The zero-order chi connectivity index (χ0) is 10.4. The normalized spacial score (nSPS) is 29.4. The summed E-state index contributed by atoms with van der Waals surface area (Å²) in [5.74, 6) is 1.27. The molecule has 0 aliphatic carbocycles. The van der Waals surface area contributed by atoms with Crippen molar-refractivity contribution < 1.29 is 4.74 Å². The fourth-order valence-corrected chi connectivity index (χ4v) is 3.02. The molecule has 84 valence electrons. The molecule has 0 saturated carbocycles. The molecule has 3 atom stereocenters. The summed E-state index contributed by atoms with van der Waals surface area (Å²) in [4.78, 5) is 0. The molecule has 1 aliphatic rings. The zero-order valence-electron chi connectivity index (χ0n) is 9.37. The second-order valence-electron chi connectivity index (χ2n) is 4.25. The summed E-state index contributed by atoms with van der Waals surface area (Å²) in [6.45, 7) is 5.23. The van der Waals surface area contributed by atoms with E-state index in [4.69, 9.17) is 10.5 Å². The lowest BCUT2D eigenvalue weighted by Crippen LogP contribution is -2.15. The molecule has 1 saturated heterocycles. The van der Waals surface area contributed by atoms with Crippen molar-refractivity contribution in [1.29, 1.82) is 0 Å². The van der Waals surface area contributed by atoms with Gasteiger partial charge >= 0.3 is 0 Å². The van der Waals surface area contributed by atoms with Gasteiger partial charge in [-0.2, -0.15) is 11.8 Å². The van der Waals surface area contributed by atoms with E-state index in [1.54, 1.807) is 0 Å². The summed E-state index contributed by atoms with van der Waals surface area (Å²) in [5.41, 5.74) is 5.69. The van der Waals surface area contributed by atoms with Gasteiger partial charge in [-0.25, -0.2) is 0 Å². The lowest BCUT2D eigenvalue weighted by molar-refractivity contribution is 0.127. The van der Waals surface area contributed by atoms with Crippen LogP contribution in [0, 0.1) is 0 Å². The zero-order valence-corrected chi connectivity index (χ0v) is 10.2. The Bertz CT molecular complexity index is 152. The van der Waals surface area contributed by atoms with Crippen LogP contribution in [0.3, 0.4) is 0 Å². The molecule has 0 amide bonds. The van der Waals surface area contributed by atoms with Crippen LogP contribution in [0.15, 0.2) is 0 Å². The number of ether oxygens (including phenoxy) is 1. The summed E-state index contributed by atoms with van der Waals surface area (Å²) in [6.07, 6.45) is 5.44. The van der Waals surface area contributed by atoms with Crippen LogP contribution in [0.5, 0.6) is 0 Å². The highest BCUT2D eigenvalue weighted by atomic mass is 32.2. The molecule has 0 radical (unpaired) electrons. The highest BCUT2D eigenvalue weighted by molar-refractivity contribution is 7.99. The molecule has 2 N–H and O–H groups in total. The molecule has 3 unspecified atom stereocenters. The average molecular weight is 217 g/mol. The SMILES string of the molecule is CC(N)CCCCSC1CCOC1C. The number of thioether (sulfide) groups is 1. The Labute approximate surface area is 92.0 Å². The van der Waals surface area contributed by atoms with Gasteiger partial charge in [0.05, 0.1) is 6.10 Å². The minimum absolute atomic E-state index is 0.369. The molecule has 3 heteroatoms. The van der Waals surface area contributed by atoms with E-state index >= 15 is 0 Å². The first-order valence-corrected chi connectivity index (χ1v) is 6.74. The van der Waals surface area contributed by atoms with Crippen LogP contribution in [-0.4, -0.2) is 29.8 Å². The van der Waals surface area contributed by atoms with E-state index in [0.717, 1.165) is 18.3 Å². The van der Waals surface area contributed by atoms with Gasteiger partial charge in [0.2, 0.25) is 0 Å². The second-order valence-corrected chi connectivity index (χ2v) is 5.59. The molecular formula is C11H23NOS. The Morgan fingerprint density at radius 1 is 1.50 bits per heavy atom. The highest BCUT2D eigenvalue weighted by Crippen LogP contribution is 2.26. The molecule has 0 aromatic carbocycles. The molecule has 0 aromatic rings. The van der Waals surface area contributed by atoms with Crippen LogP contribution in [0.1, 0.15) is 39.5 Å². The van der Waals surface area contributed by atoms with Crippen molar-refractivity contribution in [2.24, 2.45) is 5.73 Å². The second kappa shape index (κ2) is 6.70. The quantitative estimate of drug-likeness (QED) is 0.694. The van der Waals surface area contributed by atoms with Crippen molar-refractivity contribution in [2.45, 2.75) is 56.9 Å². The molecule has 14 heavy (non-hydrogen) atoms. The maximum Gasteiger partial charge on any atom is 0.0666 e. The standard InChI is InChI=1S/C11H23NOS/c1-9(12)5-3-4-8-14-11-6-7-13-10(11)2/h9-11H,3-8,12H2,1-2H3. The average Bonchev–Trinajstić information content (AvgIpc) is 2.51. The summed E-state index contributed by atoms with van der Waals surface area (Å²) in [6, 6.07) is 0.369. The topological polar surface area (TPSA) is 35.2 Å². The van der Waals surface area contributed by atoms with Crippen LogP contribution < -0.4 is 5.73 Å². The highest BCUT2D eigenvalue weighted by Gasteiger charge is 2.23. The molecule has 0 spiro atoms. The van der Waals surface area contributed by atoms with Crippen molar-refractivity contribution in [3.05, 3.63) is 0 Å². The van der Waals surface area contributed by atoms with Crippen LogP contribution >= 0.6 is 11.8 Å². The van der Waals surface area contributed by atoms with Crippen molar-refractivity contribution in [2.75, 3.05) is 12.4 Å². The van der Waals surface area contributed by atoms with Gasteiger partial charge in [0.25, 0.3) is 0 Å². The van der Waals surface area contributed by atoms with Crippen molar-refractivity contribution in [3.63, 3.8) is 0 Å². The van der Waals surface area contributed by atoms with Gasteiger partial charge in [-0.3, -0.25) is 0 Å². The molecule has 1 heterocycles. The predicted molar refractivity (Wildman–Crippen MR) is 63.8 cm³/mol. The van der Waals surface area contributed by atoms with E-state index in [9.17, 15) is 0 Å². The fourth-order valence-electron chi connectivity index (χ4n) is 1.73. The van der Waals surface area contributed by atoms with Gasteiger partial charge in [-0.1, -0.05) is 6.42 Å². The largest absolute Gasteiger partial charge is 0.377 e. The molecular weight excluding hydrogens is 194 g/mol. The van der Waals surface area contributed by atoms with Gasteiger partial charge in [0.15, 0.2) is 0 Å². The van der Waals surface area contributed by atoms with E-state index < -0.39 is 0 Å². The van der Waals surface area contributed by atoms with E-state index in [1.807, 2.05) is 0 Å². The van der Waals surface area contributed by atoms with Crippen LogP contribution in [0.25, 0.3) is 0 Å². The number of nitrogens with two attached hydrogens (primary N) is 1. The monoisotopic (exact) mass is 217 g/mol. The van der Waals surface area contributed by atoms with Crippen molar-refractivity contribution in [1.82, 2.24) is 0 Å². The maximum absolute atomic E-state index is 5.69. The lowest BCUT2D eigenvalue weighted by Gasteiger charge is -2.13. The van der Waals surface area contributed by atoms with E-state index in [2.05, 4.69) is 25.6 Å². The number of unbranched alkanes of at least 4 members (excludes halogenated alkanes) is 1. The third-order valence-electron chi connectivity index (χ3n) is 2.69. The molecule has 0 bridgehead atoms. The van der Waals surface area contributed by atoms with Gasteiger partial charge in [0.1, 0.15) is 0 Å². The Hall–Kier alpha value is 0.270. The lowest BCUT2D eigenvalue weighted by atomic mass is 10.2. The van der Waals surface area contributed by atoms with Crippen LogP contribution in [0.4, 0.5) is 0 Å². The summed E-state index contributed by atoms with van der Waals surface area (Å²) >= 11 is 2.08. The molecule has 1 rings (SSSR count). The maximum atomic E-state index is 5.69. The smallest absolute Gasteiger partial charge is 0.0666 e. The third kappa shape index (κ3) is 4.67. The Morgan fingerprint density at radius 3 is 2.86 bits per heavy atom. The Morgan fingerprint density at radius 2 is 2.29 bits per heavy atom. The Balaban J connectivity index is 1.93. The summed E-state index contributed by atoms with van der Waals surface area (Å²) < 4.78 is 5.52. The molecule has 1 fully saturated rings. The van der Waals surface area contributed by atoms with Crippen LogP contribution in [-0.2, 0) is 4.74 Å². The summed E-state index contributed by atoms with van der Waals surface area (Å²) in [7, 11) is 0. The first-order chi connectivity index (χ1) is 6.70. The van der Waals surface area contributed by atoms with Gasteiger partial charge in [-0.05, 0) is 38.9 Å². The summed E-state index contributed by atoms with van der Waals surface area (Å²) in [5, 5.41) is 0.741. The first-order valence-electron chi connectivity index (χ1n) is 5.69. The van der Waals surface area contributed by atoms with E-state index in [0.29, 0.717) is 12.1 Å². The minimum Gasteiger partial charge on any atom is -0.377 e. The third-order valence-corrected chi connectivity index (χ3v) is 4.26. The molecule has 1 aliphatic heterocycles. The predicted octanol–water partition coefficient (Wildman–Crippen LogP) is 2.41.